The van der Waals surface area contributed by atoms with Crippen LogP contribution < -0.4 is 10.1 Å². The van der Waals surface area contributed by atoms with Crippen molar-refractivity contribution in [3.63, 3.8) is 0 Å². The van der Waals surface area contributed by atoms with Gasteiger partial charge < -0.3 is 24.7 Å². The minimum absolute atomic E-state index is 0.0204. The molecule has 180 valence electrons. The van der Waals surface area contributed by atoms with Crippen LogP contribution in [0.1, 0.15) is 11.1 Å². The van der Waals surface area contributed by atoms with Crippen molar-refractivity contribution < 1.29 is 19.1 Å². The number of H-pyrrole nitrogens is 1. The minimum Gasteiger partial charge on any atom is -0.497 e. The second kappa shape index (κ2) is 8.57. The molecule has 3 aliphatic heterocycles. The predicted octanol–water partition coefficient (Wildman–Crippen LogP) is 2.86. The van der Waals surface area contributed by atoms with Crippen LogP contribution >= 0.6 is 0 Å². The molecule has 4 heterocycles. The smallest absolute Gasteiger partial charge is 0.230 e. The summed E-state index contributed by atoms with van der Waals surface area (Å²) < 4.78 is 11.5. The van der Waals surface area contributed by atoms with Crippen molar-refractivity contribution in [1.82, 2.24) is 15.2 Å². The molecule has 3 aromatic rings. The highest BCUT2D eigenvalue weighted by Crippen LogP contribution is 2.51. The zero-order chi connectivity index (χ0) is 24.0. The number of nitrogens with one attached hydrogen (secondary N) is 2. The van der Waals surface area contributed by atoms with Crippen molar-refractivity contribution >= 4 is 22.7 Å². The van der Waals surface area contributed by atoms with Gasteiger partial charge in [0.15, 0.2) is 0 Å². The van der Waals surface area contributed by atoms with Crippen LogP contribution in [-0.4, -0.2) is 60.1 Å². The lowest BCUT2D eigenvalue weighted by Crippen LogP contribution is -2.44. The number of para-hydroxylation sites is 1. The summed E-state index contributed by atoms with van der Waals surface area (Å²) in [6, 6.07) is 16.0. The van der Waals surface area contributed by atoms with E-state index in [0.29, 0.717) is 26.1 Å². The SMILES string of the molecule is COc1ccc(CCNC(=O)[C@@H]2[C@@H]3C=C[C@@]4(CN(CCc5c[nH]c6ccccc56)C(=O)[C@H]24)O3)cc1. The minimum atomic E-state index is -0.681. The van der Waals surface area contributed by atoms with Crippen LogP contribution in [0, 0.1) is 11.8 Å². The molecule has 7 heteroatoms. The topological polar surface area (TPSA) is 83.7 Å². The first-order chi connectivity index (χ1) is 17.1. The fourth-order valence-electron chi connectivity index (χ4n) is 5.90. The molecule has 6 rings (SSSR count). The number of amides is 2. The Bertz CT molecular complexity index is 1300. The number of rotatable bonds is 8. The summed E-state index contributed by atoms with van der Waals surface area (Å²) in [5.41, 5.74) is 2.73. The number of aromatic nitrogens is 1. The highest BCUT2D eigenvalue weighted by Gasteiger charge is 2.66. The van der Waals surface area contributed by atoms with Crippen LogP contribution in [0.15, 0.2) is 66.9 Å². The van der Waals surface area contributed by atoms with Crippen LogP contribution in [0.4, 0.5) is 0 Å². The Labute approximate surface area is 204 Å². The lowest BCUT2D eigenvalue weighted by atomic mass is 9.77. The number of hydrogen-bond donors (Lipinski definition) is 2. The van der Waals surface area contributed by atoms with Gasteiger partial charge in [-0.1, -0.05) is 42.5 Å². The lowest BCUT2D eigenvalue weighted by molar-refractivity contribution is -0.137. The highest BCUT2D eigenvalue weighted by atomic mass is 16.5. The van der Waals surface area contributed by atoms with Gasteiger partial charge in [0.25, 0.3) is 0 Å². The number of nitrogens with zero attached hydrogens (tertiary/aromatic N) is 1. The van der Waals surface area contributed by atoms with Crippen molar-refractivity contribution in [2.24, 2.45) is 11.8 Å². The van der Waals surface area contributed by atoms with Gasteiger partial charge >= 0.3 is 0 Å². The number of ether oxygens (including phenoxy) is 2. The van der Waals surface area contributed by atoms with E-state index in [1.165, 1.54) is 10.9 Å². The second-order valence-corrected chi connectivity index (χ2v) is 9.66. The number of benzene rings is 2. The Morgan fingerprint density at radius 2 is 2.03 bits per heavy atom. The van der Waals surface area contributed by atoms with Crippen molar-refractivity contribution in [1.29, 1.82) is 0 Å². The fraction of sp³-hybridized carbons (Fsp3) is 0.357. The number of methoxy groups -OCH3 is 1. The maximum absolute atomic E-state index is 13.5. The zero-order valence-corrected chi connectivity index (χ0v) is 19.7. The van der Waals surface area contributed by atoms with Gasteiger partial charge in [-0.2, -0.15) is 0 Å². The quantitative estimate of drug-likeness (QED) is 0.495. The molecule has 0 saturated carbocycles. The molecule has 2 bridgehead atoms. The average Bonchev–Trinajstić information content (AvgIpc) is 3.63. The number of carbonyl (C=O) groups is 2. The Morgan fingerprint density at radius 3 is 2.86 bits per heavy atom. The van der Waals surface area contributed by atoms with Gasteiger partial charge in [0.1, 0.15) is 11.4 Å². The van der Waals surface area contributed by atoms with Crippen molar-refractivity contribution in [2.45, 2.75) is 24.5 Å². The van der Waals surface area contributed by atoms with E-state index in [4.69, 9.17) is 9.47 Å². The van der Waals surface area contributed by atoms with Crippen LogP contribution in [-0.2, 0) is 27.2 Å². The van der Waals surface area contributed by atoms with E-state index in [9.17, 15) is 9.59 Å². The van der Waals surface area contributed by atoms with Gasteiger partial charge in [-0.05, 0) is 42.2 Å². The first-order valence-corrected chi connectivity index (χ1v) is 12.2. The molecule has 7 nitrogen and oxygen atoms in total. The van der Waals surface area contributed by atoms with E-state index in [1.807, 2.05) is 59.6 Å². The molecule has 0 aliphatic carbocycles. The fourth-order valence-corrected chi connectivity index (χ4v) is 5.90. The maximum atomic E-state index is 13.5. The molecule has 3 aliphatic rings. The number of carbonyl (C=O) groups excluding carboxylic acids is 2. The Morgan fingerprint density at radius 1 is 1.20 bits per heavy atom. The number of hydrogen-bond acceptors (Lipinski definition) is 4. The summed E-state index contributed by atoms with van der Waals surface area (Å²) in [4.78, 5) is 31.8. The molecule has 1 aromatic heterocycles. The second-order valence-electron chi connectivity index (χ2n) is 9.66. The molecule has 0 radical (unpaired) electrons. The van der Waals surface area contributed by atoms with E-state index in [2.05, 4.69) is 22.4 Å². The van der Waals surface area contributed by atoms with E-state index >= 15 is 0 Å². The standard InChI is InChI=1S/C28H29N3O4/c1-34-20-8-6-18(7-9-20)11-14-29-26(32)24-23-10-13-28(35-23)17-31(27(33)25(24)28)15-12-19-16-30-22-5-3-2-4-21(19)22/h2-10,13,16,23-25,30H,11-12,14-15,17H2,1H3,(H,29,32)/t23-,24+,25-,28-/m0/s1. The largest absolute Gasteiger partial charge is 0.497 e. The van der Waals surface area contributed by atoms with E-state index in [-0.39, 0.29) is 17.9 Å². The molecule has 4 atom stereocenters. The molecule has 2 fully saturated rings. The zero-order valence-electron chi connectivity index (χ0n) is 19.7. The van der Waals surface area contributed by atoms with Gasteiger partial charge in [-0.3, -0.25) is 9.59 Å². The van der Waals surface area contributed by atoms with Crippen LogP contribution in [0.25, 0.3) is 10.9 Å². The van der Waals surface area contributed by atoms with Gasteiger partial charge in [0, 0.05) is 30.2 Å². The summed E-state index contributed by atoms with van der Waals surface area (Å²) >= 11 is 0. The predicted molar refractivity (Wildman–Crippen MR) is 132 cm³/mol. The summed E-state index contributed by atoms with van der Waals surface area (Å²) in [5, 5.41) is 4.23. The van der Waals surface area contributed by atoms with Gasteiger partial charge in [0.05, 0.1) is 31.6 Å². The molecule has 35 heavy (non-hydrogen) atoms. The molecule has 2 saturated heterocycles. The van der Waals surface area contributed by atoms with E-state index in [0.717, 1.165) is 23.3 Å². The third-order valence-electron chi connectivity index (χ3n) is 7.68. The highest BCUT2D eigenvalue weighted by molar-refractivity contribution is 5.93. The molecule has 2 amide bonds. The summed E-state index contributed by atoms with van der Waals surface area (Å²) in [7, 11) is 1.64. The average molecular weight is 472 g/mol. The molecular formula is C28H29N3O4. The summed E-state index contributed by atoms with van der Waals surface area (Å²) in [5.74, 6) is -0.218. The van der Waals surface area contributed by atoms with E-state index in [1.54, 1.807) is 7.11 Å². The molecule has 1 spiro atoms. The Hall–Kier alpha value is -3.58. The Balaban J connectivity index is 1.10. The molecular weight excluding hydrogens is 442 g/mol. The van der Waals surface area contributed by atoms with Crippen LogP contribution in [0.2, 0.25) is 0 Å². The molecule has 0 unspecified atom stereocenters. The van der Waals surface area contributed by atoms with Gasteiger partial charge in [0.2, 0.25) is 11.8 Å². The maximum Gasteiger partial charge on any atom is 0.230 e. The van der Waals surface area contributed by atoms with Crippen molar-refractivity contribution in [3.05, 3.63) is 78.0 Å². The van der Waals surface area contributed by atoms with Crippen LogP contribution in [0.5, 0.6) is 5.75 Å². The van der Waals surface area contributed by atoms with E-state index < -0.39 is 17.4 Å². The first kappa shape index (κ1) is 21.9. The lowest BCUT2D eigenvalue weighted by Gasteiger charge is -2.23. The number of aromatic amines is 1. The van der Waals surface area contributed by atoms with Crippen molar-refractivity contribution in [3.8, 4) is 5.75 Å². The number of likely N-dealkylation sites (tertiary alicyclic amines) is 1. The van der Waals surface area contributed by atoms with Crippen molar-refractivity contribution in [2.75, 3.05) is 26.7 Å². The third kappa shape index (κ3) is 3.71. The third-order valence-corrected chi connectivity index (χ3v) is 7.68. The summed E-state index contributed by atoms with van der Waals surface area (Å²) in [6.45, 7) is 1.62. The molecule has 2 N–H and O–H groups in total. The van der Waals surface area contributed by atoms with Gasteiger partial charge in [-0.15, -0.1) is 0 Å². The van der Waals surface area contributed by atoms with Gasteiger partial charge in [-0.25, -0.2) is 0 Å². The molecule has 2 aromatic carbocycles. The number of fused-ring (bicyclic) bond motifs is 2. The Kier molecular flexibility index (Phi) is 5.37. The summed E-state index contributed by atoms with van der Waals surface area (Å²) in [6.07, 6.45) is 7.12. The normalized spacial score (nSPS) is 26.5. The van der Waals surface area contributed by atoms with Crippen LogP contribution in [0.3, 0.4) is 0 Å². The monoisotopic (exact) mass is 471 g/mol. The first-order valence-electron chi connectivity index (χ1n) is 12.2.